The van der Waals surface area contributed by atoms with Crippen molar-refractivity contribution in [3.8, 4) is 22.9 Å². The SMILES string of the molecule is COc1ccc(-c2nc3ncc4c(=O)n(CCc5c[nH]c6ccc(OC)cc56)ccc4[n+]3[nH]2)cc1. The molecule has 35 heavy (non-hydrogen) atoms. The second kappa shape index (κ2) is 8.28. The molecule has 0 saturated heterocycles. The summed E-state index contributed by atoms with van der Waals surface area (Å²) in [6.07, 6.45) is 6.11. The lowest BCUT2D eigenvalue weighted by molar-refractivity contribution is -0.550. The van der Waals surface area contributed by atoms with Crippen LogP contribution >= 0.6 is 0 Å². The Morgan fingerprint density at radius 2 is 1.80 bits per heavy atom. The van der Waals surface area contributed by atoms with Crippen LogP contribution in [0.25, 0.3) is 39.0 Å². The normalized spacial score (nSPS) is 11.5. The molecule has 2 N–H and O–H groups in total. The van der Waals surface area contributed by atoms with Crippen LogP contribution in [0.2, 0.25) is 0 Å². The summed E-state index contributed by atoms with van der Waals surface area (Å²) in [4.78, 5) is 25.6. The highest BCUT2D eigenvalue weighted by atomic mass is 16.5. The third-order valence-electron chi connectivity index (χ3n) is 6.32. The minimum absolute atomic E-state index is 0.0950. The molecule has 4 heterocycles. The molecule has 6 aromatic rings. The first kappa shape index (κ1) is 20.9. The van der Waals surface area contributed by atoms with Gasteiger partial charge in [0.25, 0.3) is 5.56 Å². The van der Waals surface area contributed by atoms with Crippen molar-refractivity contribution in [2.75, 3.05) is 14.2 Å². The number of rotatable bonds is 6. The number of aryl methyl sites for hydroxylation is 2. The van der Waals surface area contributed by atoms with Crippen molar-refractivity contribution < 1.29 is 14.0 Å². The number of H-pyrrole nitrogens is 2. The fourth-order valence-electron chi connectivity index (χ4n) is 4.39. The standard InChI is InChI=1S/C26H22N6O3/c1-34-18-5-3-16(4-6-18)24-29-26-28-15-21-23(32(26)30-24)10-12-31(25(21)33)11-9-17-14-27-22-8-7-19(35-2)13-20(17)22/h3-8,10,12-15,27H,9,11H2,1-2H3/p+1. The number of ether oxygens (including phenoxy) is 2. The van der Waals surface area contributed by atoms with Gasteiger partial charge in [0, 0.05) is 35.4 Å². The van der Waals surface area contributed by atoms with E-state index in [0.717, 1.165) is 39.0 Å². The van der Waals surface area contributed by atoms with Crippen molar-refractivity contribution in [3.05, 3.63) is 83.0 Å². The molecular weight excluding hydrogens is 444 g/mol. The summed E-state index contributed by atoms with van der Waals surface area (Å²) in [5.74, 6) is 2.73. The average molecular weight is 468 g/mol. The van der Waals surface area contributed by atoms with Crippen LogP contribution in [0, 0.1) is 0 Å². The van der Waals surface area contributed by atoms with Crippen molar-refractivity contribution in [1.82, 2.24) is 24.6 Å². The predicted octanol–water partition coefficient (Wildman–Crippen LogP) is 3.27. The van der Waals surface area contributed by atoms with Gasteiger partial charge in [-0.05, 0) is 65.5 Å². The molecule has 0 unspecified atom stereocenters. The Morgan fingerprint density at radius 1 is 1.00 bits per heavy atom. The number of methoxy groups -OCH3 is 2. The molecule has 0 spiro atoms. The van der Waals surface area contributed by atoms with Gasteiger partial charge in [-0.25, -0.2) is 5.10 Å². The van der Waals surface area contributed by atoms with Crippen LogP contribution < -0.4 is 19.5 Å². The van der Waals surface area contributed by atoms with E-state index in [1.54, 1.807) is 29.5 Å². The highest BCUT2D eigenvalue weighted by molar-refractivity contribution is 5.84. The van der Waals surface area contributed by atoms with Crippen LogP contribution in [0.1, 0.15) is 5.56 Å². The van der Waals surface area contributed by atoms with Gasteiger partial charge in [0.05, 0.1) is 14.2 Å². The zero-order chi connectivity index (χ0) is 23.9. The quantitative estimate of drug-likeness (QED) is 0.366. The first-order chi connectivity index (χ1) is 17.1. The Hall–Kier alpha value is -4.66. The van der Waals surface area contributed by atoms with Crippen molar-refractivity contribution in [2.45, 2.75) is 13.0 Å². The monoisotopic (exact) mass is 467 g/mol. The van der Waals surface area contributed by atoms with E-state index in [-0.39, 0.29) is 5.56 Å². The number of fused-ring (bicyclic) bond motifs is 4. The van der Waals surface area contributed by atoms with Crippen LogP contribution in [0.5, 0.6) is 11.5 Å². The molecule has 9 nitrogen and oxygen atoms in total. The maximum atomic E-state index is 13.3. The first-order valence-electron chi connectivity index (χ1n) is 11.2. The van der Waals surface area contributed by atoms with Crippen LogP contribution in [-0.4, -0.2) is 38.8 Å². The molecule has 4 aromatic heterocycles. The van der Waals surface area contributed by atoms with Crippen molar-refractivity contribution in [1.29, 1.82) is 0 Å². The van der Waals surface area contributed by atoms with Crippen LogP contribution in [0.15, 0.2) is 71.9 Å². The Kier molecular flexibility index (Phi) is 4.95. The summed E-state index contributed by atoms with van der Waals surface area (Å²) < 4.78 is 14.0. The number of hydrogen-bond acceptors (Lipinski definition) is 5. The van der Waals surface area contributed by atoms with Gasteiger partial charge in [0.15, 0.2) is 0 Å². The number of pyridine rings is 1. The minimum Gasteiger partial charge on any atom is -0.497 e. The molecule has 0 aliphatic carbocycles. The molecule has 9 heteroatoms. The molecule has 0 aliphatic heterocycles. The molecule has 0 amide bonds. The number of aromatic amines is 2. The number of nitrogens with one attached hydrogen (secondary N) is 2. The van der Waals surface area contributed by atoms with Crippen LogP contribution in [0.4, 0.5) is 0 Å². The van der Waals surface area contributed by atoms with Gasteiger partial charge >= 0.3 is 5.78 Å². The van der Waals surface area contributed by atoms with Crippen LogP contribution in [0.3, 0.4) is 0 Å². The van der Waals surface area contributed by atoms with Gasteiger partial charge < -0.3 is 19.0 Å². The lowest BCUT2D eigenvalue weighted by Gasteiger charge is -2.06. The minimum atomic E-state index is -0.0950. The van der Waals surface area contributed by atoms with Gasteiger partial charge in [0.2, 0.25) is 5.82 Å². The Balaban J connectivity index is 1.33. The van der Waals surface area contributed by atoms with E-state index in [4.69, 9.17) is 9.47 Å². The number of hydrogen-bond donors (Lipinski definition) is 2. The Bertz CT molecular complexity index is 1750. The Labute approximate surface area is 199 Å². The van der Waals surface area contributed by atoms with Gasteiger partial charge in [0.1, 0.15) is 28.6 Å². The molecule has 174 valence electrons. The van der Waals surface area contributed by atoms with E-state index in [0.29, 0.717) is 30.0 Å². The third-order valence-corrected chi connectivity index (χ3v) is 6.32. The summed E-state index contributed by atoms with van der Waals surface area (Å²) in [6, 6.07) is 15.5. The van der Waals surface area contributed by atoms with E-state index in [2.05, 4.69) is 20.1 Å². The van der Waals surface area contributed by atoms with Crippen molar-refractivity contribution >= 4 is 27.6 Å². The molecule has 0 atom stereocenters. The van der Waals surface area contributed by atoms with Gasteiger partial charge in [-0.1, -0.05) is 4.98 Å². The zero-order valence-electron chi connectivity index (χ0n) is 19.3. The van der Waals surface area contributed by atoms with Gasteiger partial charge in [-0.15, -0.1) is 4.52 Å². The zero-order valence-corrected chi connectivity index (χ0v) is 19.3. The fourth-order valence-corrected chi connectivity index (χ4v) is 4.39. The first-order valence-corrected chi connectivity index (χ1v) is 11.2. The molecule has 0 saturated carbocycles. The number of benzene rings is 2. The molecule has 0 fully saturated rings. The Morgan fingerprint density at radius 3 is 2.60 bits per heavy atom. The van der Waals surface area contributed by atoms with Gasteiger partial charge in [-0.2, -0.15) is 0 Å². The maximum Gasteiger partial charge on any atom is 0.457 e. The molecule has 0 aliphatic rings. The average Bonchev–Trinajstić information content (AvgIpc) is 3.52. The lowest BCUT2D eigenvalue weighted by atomic mass is 10.1. The highest BCUT2D eigenvalue weighted by Gasteiger charge is 2.19. The highest BCUT2D eigenvalue weighted by Crippen LogP contribution is 2.24. The third kappa shape index (κ3) is 3.57. The summed E-state index contributed by atoms with van der Waals surface area (Å²) in [5.41, 5.74) is 3.70. The van der Waals surface area contributed by atoms with E-state index in [1.807, 2.05) is 60.9 Å². The summed E-state index contributed by atoms with van der Waals surface area (Å²) in [6.45, 7) is 0.543. The maximum absolute atomic E-state index is 13.3. The van der Waals surface area contributed by atoms with E-state index in [9.17, 15) is 4.79 Å². The molecular formula is C26H23N6O3+. The largest absolute Gasteiger partial charge is 0.497 e. The molecule has 6 rings (SSSR count). The smallest absolute Gasteiger partial charge is 0.457 e. The summed E-state index contributed by atoms with van der Waals surface area (Å²) in [7, 11) is 3.29. The molecule has 0 bridgehead atoms. The fraction of sp³-hybridized carbons (Fsp3) is 0.154. The van der Waals surface area contributed by atoms with Crippen LogP contribution in [-0.2, 0) is 13.0 Å². The second-order valence-electron chi connectivity index (χ2n) is 8.28. The second-order valence-corrected chi connectivity index (χ2v) is 8.28. The molecule has 0 radical (unpaired) electrons. The number of nitrogens with zero attached hydrogens (tertiary/aromatic N) is 4. The molecule has 2 aromatic carbocycles. The van der Waals surface area contributed by atoms with E-state index in [1.165, 1.54) is 0 Å². The predicted molar refractivity (Wildman–Crippen MR) is 132 cm³/mol. The lowest BCUT2D eigenvalue weighted by Crippen LogP contribution is -2.30. The van der Waals surface area contributed by atoms with E-state index < -0.39 is 0 Å². The van der Waals surface area contributed by atoms with Crippen molar-refractivity contribution in [3.63, 3.8) is 0 Å². The van der Waals surface area contributed by atoms with Gasteiger partial charge in [-0.3, -0.25) is 4.79 Å². The summed E-state index contributed by atoms with van der Waals surface area (Å²) >= 11 is 0. The topological polar surface area (TPSA) is 102 Å². The van der Waals surface area contributed by atoms with Crippen molar-refractivity contribution in [2.24, 2.45) is 0 Å². The summed E-state index contributed by atoms with van der Waals surface area (Å²) in [5, 5.41) is 4.88. The van der Waals surface area contributed by atoms with E-state index >= 15 is 0 Å². The number of aromatic nitrogens is 6.